The molecule has 1 fully saturated rings. The van der Waals surface area contributed by atoms with Gasteiger partial charge in [0, 0.05) is 23.1 Å². The summed E-state index contributed by atoms with van der Waals surface area (Å²) in [5.74, 6) is 0.112. The molecule has 1 amide bonds. The zero-order chi connectivity index (χ0) is 17.0. The molecule has 0 bridgehead atoms. The molecule has 0 radical (unpaired) electrons. The van der Waals surface area contributed by atoms with Crippen LogP contribution in [0.5, 0.6) is 0 Å². The van der Waals surface area contributed by atoms with Crippen LogP contribution in [0.2, 0.25) is 0 Å². The molecule has 1 aromatic rings. The van der Waals surface area contributed by atoms with Crippen molar-refractivity contribution in [3.8, 4) is 0 Å². The number of aliphatic hydroxyl groups excluding tert-OH is 1. The van der Waals surface area contributed by atoms with E-state index in [1.54, 1.807) is 0 Å². The lowest BCUT2D eigenvalue weighted by Gasteiger charge is -2.26. The second kappa shape index (κ2) is 7.58. The quantitative estimate of drug-likeness (QED) is 0.897. The third-order valence-electron chi connectivity index (χ3n) is 4.34. The molecule has 2 unspecified atom stereocenters. The van der Waals surface area contributed by atoms with Crippen LogP contribution in [-0.4, -0.2) is 44.8 Å². The second-order valence-corrected chi connectivity index (χ2v) is 8.71. The molecule has 1 aromatic carbocycles. The van der Waals surface area contributed by atoms with Crippen LogP contribution in [0.1, 0.15) is 50.8 Å². The van der Waals surface area contributed by atoms with Gasteiger partial charge in [0.2, 0.25) is 5.91 Å². The number of hydrogen-bond acceptors (Lipinski definition) is 3. The van der Waals surface area contributed by atoms with Crippen LogP contribution in [0.3, 0.4) is 0 Å². The summed E-state index contributed by atoms with van der Waals surface area (Å²) in [5.41, 5.74) is 2.54. The van der Waals surface area contributed by atoms with Gasteiger partial charge in [0.1, 0.15) is 5.75 Å². The zero-order valence-corrected chi connectivity index (χ0v) is 15.1. The predicted octanol–water partition coefficient (Wildman–Crippen LogP) is 2.39. The van der Waals surface area contributed by atoms with Gasteiger partial charge in [0.15, 0.2) is 0 Å². The molecule has 1 saturated heterocycles. The minimum atomic E-state index is -1.27. The topological polar surface area (TPSA) is 57.6 Å². The summed E-state index contributed by atoms with van der Waals surface area (Å²) in [6, 6.07) is 8.59. The lowest BCUT2D eigenvalue weighted by atomic mass is 9.86. The molecule has 0 aliphatic carbocycles. The van der Waals surface area contributed by atoms with Crippen LogP contribution >= 0.6 is 0 Å². The molecule has 23 heavy (non-hydrogen) atoms. The van der Waals surface area contributed by atoms with Crippen molar-refractivity contribution in [2.75, 3.05) is 24.7 Å². The molecule has 4 nitrogen and oxygen atoms in total. The highest BCUT2D eigenvalue weighted by atomic mass is 32.2. The maximum Gasteiger partial charge on any atom is 0.235 e. The average molecular weight is 337 g/mol. The Kier molecular flexibility index (Phi) is 5.98. The summed E-state index contributed by atoms with van der Waals surface area (Å²) < 4.78 is 11.7. The number of carbonyl (C=O) groups is 1. The minimum absolute atomic E-state index is 0.0110. The molecule has 128 valence electrons. The van der Waals surface area contributed by atoms with Gasteiger partial charge in [0.05, 0.1) is 12.6 Å². The third-order valence-corrected chi connectivity index (χ3v) is 5.54. The van der Waals surface area contributed by atoms with Gasteiger partial charge in [-0.05, 0) is 29.4 Å². The zero-order valence-electron chi connectivity index (χ0n) is 14.2. The molecule has 0 saturated carbocycles. The van der Waals surface area contributed by atoms with E-state index in [4.69, 9.17) is 5.11 Å². The monoisotopic (exact) mass is 337 g/mol. The highest BCUT2D eigenvalue weighted by Gasteiger charge is 2.30. The van der Waals surface area contributed by atoms with E-state index < -0.39 is 10.8 Å². The van der Waals surface area contributed by atoms with Gasteiger partial charge in [-0.3, -0.25) is 9.00 Å². The van der Waals surface area contributed by atoms with Gasteiger partial charge in [-0.15, -0.1) is 0 Å². The fourth-order valence-corrected chi connectivity index (χ4v) is 3.80. The Morgan fingerprint density at radius 1 is 1.30 bits per heavy atom. The van der Waals surface area contributed by atoms with Gasteiger partial charge in [0.25, 0.3) is 0 Å². The van der Waals surface area contributed by atoms with Gasteiger partial charge in [-0.25, -0.2) is 0 Å². The number of carbonyl (C=O) groups excluding carboxylic acids is 1. The number of benzene rings is 1. The van der Waals surface area contributed by atoms with Gasteiger partial charge < -0.3 is 10.0 Å². The molecule has 1 heterocycles. The van der Waals surface area contributed by atoms with E-state index in [2.05, 4.69) is 45.0 Å². The molecule has 5 heteroatoms. The lowest BCUT2D eigenvalue weighted by molar-refractivity contribution is -0.129. The van der Waals surface area contributed by atoms with Crippen LogP contribution in [-0.2, 0) is 21.0 Å². The smallest absolute Gasteiger partial charge is 0.235 e. The first-order valence-electron chi connectivity index (χ1n) is 8.18. The first kappa shape index (κ1) is 18.1. The van der Waals surface area contributed by atoms with E-state index in [0.29, 0.717) is 0 Å². The fraction of sp³-hybridized carbons (Fsp3) is 0.611. The van der Waals surface area contributed by atoms with E-state index in [1.807, 2.05) is 4.90 Å². The summed E-state index contributed by atoms with van der Waals surface area (Å²) >= 11 is 0. The van der Waals surface area contributed by atoms with Crippen LogP contribution in [0, 0.1) is 0 Å². The van der Waals surface area contributed by atoms with E-state index in [9.17, 15) is 9.00 Å². The Hall–Kier alpha value is -1.20. The van der Waals surface area contributed by atoms with Crippen LogP contribution in [0.4, 0.5) is 0 Å². The molecule has 1 aliphatic rings. The van der Waals surface area contributed by atoms with Crippen molar-refractivity contribution in [2.24, 2.45) is 0 Å². The largest absolute Gasteiger partial charge is 0.395 e. The number of likely N-dealkylation sites (tertiary alicyclic amines) is 1. The van der Waals surface area contributed by atoms with Gasteiger partial charge >= 0.3 is 0 Å². The maximum absolute atomic E-state index is 12.4. The van der Waals surface area contributed by atoms with Crippen molar-refractivity contribution in [3.05, 3.63) is 35.4 Å². The Labute approximate surface area is 141 Å². The molecule has 1 N–H and O–H groups in total. The Balaban J connectivity index is 2.09. The fourth-order valence-electron chi connectivity index (χ4n) is 3.01. The van der Waals surface area contributed by atoms with Crippen molar-refractivity contribution in [1.82, 2.24) is 4.90 Å². The number of aliphatic hydroxyl groups is 1. The molecule has 2 atom stereocenters. The number of amides is 1. The van der Waals surface area contributed by atoms with E-state index in [-0.39, 0.29) is 35.5 Å². The summed E-state index contributed by atoms with van der Waals surface area (Å²) in [6.07, 6.45) is 1.93. The third kappa shape index (κ3) is 4.64. The van der Waals surface area contributed by atoms with Gasteiger partial charge in [-0.2, -0.15) is 0 Å². The van der Waals surface area contributed by atoms with E-state index in [0.717, 1.165) is 24.9 Å². The lowest BCUT2D eigenvalue weighted by Crippen LogP contribution is -2.34. The molecule has 1 aliphatic heterocycles. The Morgan fingerprint density at radius 2 is 1.96 bits per heavy atom. The van der Waals surface area contributed by atoms with Crippen molar-refractivity contribution < 1.29 is 14.1 Å². The highest BCUT2D eigenvalue weighted by molar-refractivity contribution is 7.85. The summed E-state index contributed by atoms with van der Waals surface area (Å²) in [7, 11) is -1.27. The van der Waals surface area contributed by atoms with Crippen LogP contribution in [0.15, 0.2) is 24.3 Å². The molecular weight excluding hydrogens is 310 g/mol. The average Bonchev–Trinajstić information content (AvgIpc) is 2.96. The van der Waals surface area contributed by atoms with E-state index >= 15 is 0 Å². The number of nitrogens with zero attached hydrogens (tertiary/aromatic N) is 1. The van der Waals surface area contributed by atoms with Crippen molar-refractivity contribution >= 4 is 16.7 Å². The first-order valence-corrected chi connectivity index (χ1v) is 9.67. The normalized spacial score (nSPS) is 19.8. The molecule has 2 rings (SSSR count). The van der Waals surface area contributed by atoms with Crippen molar-refractivity contribution in [2.45, 2.75) is 45.1 Å². The number of hydrogen-bond donors (Lipinski definition) is 1. The summed E-state index contributed by atoms with van der Waals surface area (Å²) in [5, 5.41) is 8.82. The number of rotatable bonds is 5. The maximum atomic E-state index is 12.4. The van der Waals surface area contributed by atoms with Crippen molar-refractivity contribution in [3.63, 3.8) is 0 Å². The van der Waals surface area contributed by atoms with Crippen LogP contribution in [0.25, 0.3) is 0 Å². The van der Waals surface area contributed by atoms with Crippen LogP contribution < -0.4 is 0 Å². The molecule has 0 spiro atoms. The Bertz CT molecular complexity index is 563. The Morgan fingerprint density at radius 3 is 2.52 bits per heavy atom. The van der Waals surface area contributed by atoms with Gasteiger partial charge in [-0.1, -0.05) is 45.0 Å². The second-order valence-electron chi connectivity index (χ2n) is 7.13. The standard InChI is InChI=1S/C18H27NO3S/c1-18(2,3)15-8-6-14(7-9-15)16-5-4-10-19(16)17(21)13-23(22)12-11-20/h6-9,16,20H,4-5,10-13H2,1-3H3. The summed E-state index contributed by atoms with van der Waals surface area (Å²) in [6.45, 7) is 7.13. The first-order chi connectivity index (χ1) is 10.8. The minimum Gasteiger partial charge on any atom is -0.395 e. The SMILES string of the molecule is CC(C)(C)c1ccc(C2CCCN2C(=O)CS(=O)CCO)cc1. The highest BCUT2D eigenvalue weighted by Crippen LogP contribution is 2.33. The van der Waals surface area contributed by atoms with E-state index in [1.165, 1.54) is 5.56 Å². The molecule has 0 aromatic heterocycles. The summed E-state index contributed by atoms with van der Waals surface area (Å²) in [4.78, 5) is 14.2. The molecular formula is C18H27NO3S. The van der Waals surface area contributed by atoms with Crippen molar-refractivity contribution in [1.29, 1.82) is 0 Å². The predicted molar refractivity (Wildman–Crippen MR) is 93.8 cm³/mol.